The molecule has 4 nitrogen and oxygen atoms in total. The van der Waals surface area contributed by atoms with Crippen LogP contribution in [-0.2, 0) is 13.0 Å². The van der Waals surface area contributed by atoms with Crippen LogP contribution >= 0.6 is 0 Å². The van der Waals surface area contributed by atoms with Crippen LogP contribution in [0, 0.1) is 0 Å². The van der Waals surface area contributed by atoms with E-state index in [4.69, 9.17) is 4.98 Å². The van der Waals surface area contributed by atoms with Crippen molar-refractivity contribution in [2.75, 3.05) is 19.0 Å². The molecule has 0 spiro atoms. The van der Waals surface area contributed by atoms with Crippen LogP contribution in [0.5, 0.6) is 0 Å². The third-order valence-corrected chi connectivity index (χ3v) is 4.91. The minimum absolute atomic E-state index is 0.798. The number of aryl methyl sites for hydroxylation is 1. The van der Waals surface area contributed by atoms with E-state index in [2.05, 4.69) is 67.2 Å². The first kappa shape index (κ1) is 18.9. The minimum atomic E-state index is 0.798. The largest absolute Gasteiger partial charge is 0.363 e. The van der Waals surface area contributed by atoms with Gasteiger partial charge in [0.2, 0.25) is 0 Å². The normalized spacial score (nSPS) is 11.8. The van der Waals surface area contributed by atoms with Crippen LogP contribution in [0.1, 0.15) is 26.6 Å². The zero-order chi connectivity index (χ0) is 19.6. The number of aromatic nitrogens is 3. The molecule has 2 heterocycles. The van der Waals surface area contributed by atoms with Gasteiger partial charge in [-0.1, -0.05) is 31.2 Å². The standard InChI is InChI=1S/C23H28N4/c1-7-17(16(3)4)15-27-21-13-18(9-11-20(21)25-22(27)8-2)19-10-12-23(24-14-19)26(5)6/h7,9-14H,3,8,15H2,1-2,4-6H3/b17-7-. The number of imidazole rings is 1. The maximum absolute atomic E-state index is 4.83. The molecule has 0 unspecified atom stereocenters. The van der Waals surface area contributed by atoms with Crippen LogP contribution in [0.3, 0.4) is 0 Å². The van der Waals surface area contributed by atoms with Gasteiger partial charge >= 0.3 is 0 Å². The summed E-state index contributed by atoms with van der Waals surface area (Å²) in [5, 5.41) is 0. The Morgan fingerprint density at radius 2 is 1.93 bits per heavy atom. The Kier molecular flexibility index (Phi) is 5.45. The summed E-state index contributed by atoms with van der Waals surface area (Å²) in [5.74, 6) is 2.06. The average Bonchev–Trinajstić information content (AvgIpc) is 3.02. The summed E-state index contributed by atoms with van der Waals surface area (Å²) in [6.07, 6.45) is 4.97. The van der Waals surface area contributed by atoms with Gasteiger partial charge in [0.1, 0.15) is 11.6 Å². The van der Waals surface area contributed by atoms with Crippen LogP contribution in [-0.4, -0.2) is 28.6 Å². The van der Waals surface area contributed by atoms with Crippen molar-refractivity contribution >= 4 is 16.9 Å². The first-order chi connectivity index (χ1) is 12.9. The number of fused-ring (bicyclic) bond motifs is 1. The van der Waals surface area contributed by atoms with Crippen molar-refractivity contribution in [3.8, 4) is 11.1 Å². The van der Waals surface area contributed by atoms with Gasteiger partial charge in [0.25, 0.3) is 0 Å². The molecule has 0 saturated carbocycles. The Labute approximate surface area is 161 Å². The summed E-state index contributed by atoms with van der Waals surface area (Å²) in [6, 6.07) is 10.6. The molecule has 1 aromatic carbocycles. The van der Waals surface area contributed by atoms with E-state index in [-0.39, 0.29) is 0 Å². The fourth-order valence-electron chi connectivity index (χ4n) is 3.26. The van der Waals surface area contributed by atoms with E-state index in [1.807, 2.05) is 31.3 Å². The molecule has 0 amide bonds. The molecule has 0 radical (unpaired) electrons. The van der Waals surface area contributed by atoms with Gasteiger partial charge < -0.3 is 9.47 Å². The van der Waals surface area contributed by atoms with E-state index in [9.17, 15) is 0 Å². The lowest BCUT2D eigenvalue weighted by Gasteiger charge is -2.13. The summed E-state index contributed by atoms with van der Waals surface area (Å²) in [7, 11) is 4.00. The van der Waals surface area contributed by atoms with Gasteiger partial charge in [-0.25, -0.2) is 9.97 Å². The maximum atomic E-state index is 4.83. The number of anilines is 1. The zero-order valence-corrected chi connectivity index (χ0v) is 17.0. The summed E-state index contributed by atoms with van der Waals surface area (Å²) >= 11 is 0. The Balaban J connectivity index is 2.08. The predicted molar refractivity (Wildman–Crippen MR) is 115 cm³/mol. The summed E-state index contributed by atoms with van der Waals surface area (Å²) in [4.78, 5) is 11.4. The van der Waals surface area contributed by atoms with Crippen LogP contribution in [0.2, 0.25) is 0 Å². The molecule has 0 aliphatic carbocycles. The van der Waals surface area contributed by atoms with E-state index in [1.54, 1.807) is 0 Å². The van der Waals surface area contributed by atoms with Crippen molar-refractivity contribution in [1.29, 1.82) is 0 Å². The van der Waals surface area contributed by atoms with Crippen molar-refractivity contribution in [2.45, 2.75) is 33.7 Å². The van der Waals surface area contributed by atoms with Gasteiger partial charge in [-0.3, -0.25) is 0 Å². The fraction of sp³-hybridized carbons (Fsp3) is 0.304. The maximum Gasteiger partial charge on any atom is 0.127 e. The van der Waals surface area contributed by atoms with Crippen LogP contribution in [0.25, 0.3) is 22.2 Å². The van der Waals surface area contributed by atoms with Crippen molar-refractivity contribution < 1.29 is 0 Å². The molecule has 0 aliphatic heterocycles. The molecule has 0 bridgehead atoms. The number of allylic oxidation sites excluding steroid dienone is 3. The molecule has 3 aromatic rings. The first-order valence-corrected chi connectivity index (χ1v) is 9.38. The molecule has 2 aromatic heterocycles. The molecule has 0 fully saturated rings. The molecule has 0 aliphatic rings. The second-order valence-corrected chi connectivity index (χ2v) is 7.06. The predicted octanol–water partition coefficient (Wildman–Crippen LogP) is 5.25. The van der Waals surface area contributed by atoms with Crippen LogP contribution in [0.4, 0.5) is 5.82 Å². The van der Waals surface area contributed by atoms with Gasteiger partial charge in [-0.15, -0.1) is 0 Å². The number of nitrogens with zero attached hydrogens (tertiary/aromatic N) is 4. The number of hydrogen-bond acceptors (Lipinski definition) is 3. The number of pyridine rings is 1. The third kappa shape index (κ3) is 3.80. The highest BCUT2D eigenvalue weighted by Gasteiger charge is 2.12. The first-order valence-electron chi connectivity index (χ1n) is 9.38. The Morgan fingerprint density at radius 3 is 2.48 bits per heavy atom. The molecule has 3 rings (SSSR count). The second kappa shape index (κ2) is 7.78. The topological polar surface area (TPSA) is 34.0 Å². The van der Waals surface area contributed by atoms with Crippen molar-refractivity contribution in [1.82, 2.24) is 14.5 Å². The molecular formula is C23H28N4. The second-order valence-electron chi connectivity index (χ2n) is 7.06. The van der Waals surface area contributed by atoms with Crippen molar-refractivity contribution in [2.24, 2.45) is 0 Å². The molecule has 140 valence electrons. The molecule has 0 N–H and O–H groups in total. The van der Waals surface area contributed by atoms with E-state index in [0.717, 1.165) is 52.3 Å². The lowest BCUT2D eigenvalue weighted by Crippen LogP contribution is -2.10. The molecule has 27 heavy (non-hydrogen) atoms. The van der Waals surface area contributed by atoms with Gasteiger partial charge in [0.05, 0.1) is 11.0 Å². The highest BCUT2D eigenvalue weighted by Crippen LogP contribution is 2.27. The molecule has 4 heteroatoms. The van der Waals surface area contributed by atoms with Gasteiger partial charge in [-0.2, -0.15) is 0 Å². The van der Waals surface area contributed by atoms with E-state index in [1.165, 1.54) is 5.57 Å². The highest BCUT2D eigenvalue weighted by molar-refractivity contribution is 5.83. The van der Waals surface area contributed by atoms with Crippen LogP contribution in [0.15, 0.2) is 60.3 Å². The van der Waals surface area contributed by atoms with Crippen molar-refractivity contribution in [3.05, 3.63) is 66.2 Å². The summed E-state index contributed by atoms with van der Waals surface area (Å²) in [6.45, 7) is 11.2. The number of rotatable bonds is 6. The summed E-state index contributed by atoms with van der Waals surface area (Å²) < 4.78 is 2.31. The Bertz CT molecular complexity index is 991. The minimum Gasteiger partial charge on any atom is -0.363 e. The molecule has 0 saturated heterocycles. The van der Waals surface area contributed by atoms with E-state index >= 15 is 0 Å². The number of benzene rings is 1. The van der Waals surface area contributed by atoms with Gasteiger partial charge in [0, 0.05) is 38.8 Å². The van der Waals surface area contributed by atoms with Gasteiger partial charge in [0.15, 0.2) is 0 Å². The fourth-order valence-corrected chi connectivity index (χ4v) is 3.26. The Hall–Kier alpha value is -2.88. The van der Waals surface area contributed by atoms with E-state index < -0.39 is 0 Å². The SMILES string of the molecule is C=C(C)/C(=C\C)Cn1c(CC)nc2ccc(-c3ccc(N(C)C)nc3)cc21. The zero-order valence-electron chi connectivity index (χ0n) is 17.0. The van der Waals surface area contributed by atoms with Crippen LogP contribution < -0.4 is 4.90 Å². The quantitative estimate of drug-likeness (QED) is 0.563. The van der Waals surface area contributed by atoms with E-state index in [0.29, 0.717) is 0 Å². The third-order valence-electron chi connectivity index (χ3n) is 4.91. The van der Waals surface area contributed by atoms with Gasteiger partial charge in [-0.05, 0) is 49.2 Å². The van der Waals surface area contributed by atoms with Crippen molar-refractivity contribution in [3.63, 3.8) is 0 Å². The smallest absolute Gasteiger partial charge is 0.127 e. The average molecular weight is 361 g/mol. The molecular weight excluding hydrogens is 332 g/mol. The lowest BCUT2D eigenvalue weighted by molar-refractivity contribution is 0.746. The molecule has 0 atom stereocenters. The lowest BCUT2D eigenvalue weighted by atomic mass is 10.1. The highest BCUT2D eigenvalue weighted by atomic mass is 15.1. The Morgan fingerprint density at radius 1 is 1.19 bits per heavy atom. The number of hydrogen-bond donors (Lipinski definition) is 0. The monoisotopic (exact) mass is 360 g/mol. The summed E-state index contributed by atoms with van der Waals surface area (Å²) in [5.41, 5.74) is 6.79.